The van der Waals surface area contributed by atoms with Crippen LogP contribution in [0, 0.1) is 5.92 Å². The molecule has 0 aromatic heterocycles. The van der Waals surface area contributed by atoms with Crippen molar-refractivity contribution in [3.63, 3.8) is 0 Å². The van der Waals surface area contributed by atoms with Crippen molar-refractivity contribution in [3.05, 3.63) is 0 Å². The van der Waals surface area contributed by atoms with Gasteiger partial charge in [0.1, 0.15) is 0 Å². The van der Waals surface area contributed by atoms with Gasteiger partial charge in [0.05, 0.1) is 0 Å². The van der Waals surface area contributed by atoms with E-state index in [2.05, 4.69) is 0 Å². The average molecular weight is 307 g/mol. The minimum absolute atomic E-state index is 0.328. The Balaban J connectivity index is 3.03. The summed E-state index contributed by atoms with van der Waals surface area (Å²) in [6.45, 7) is 7.14. The van der Waals surface area contributed by atoms with E-state index < -0.39 is 36.0 Å². The first-order chi connectivity index (χ1) is 8.61. The van der Waals surface area contributed by atoms with Crippen LogP contribution in [0.5, 0.6) is 0 Å². The summed E-state index contributed by atoms with van der Waals surface area (Å²) in [5.74, 6) is -0.328. The van der Waals surface area contributed by atoms with Gasteiger partial charge in [-0.15, -0.1) is 0 Å². The van der Waals surface area contributed by atoms with E-state index in [4.69, 9.17) is 0 Å². The van der Waals surface area contributed by atoms with E-state index in [1.54, 1.807) is 32.6 Å². The zero-order chi connectivity index (χ0) is 16.1. The zero-order valence-electron chi connectivity index (χ0n) is 11.7. The first kappa shape index (κ1) is 17.6. The average Bonchev–Trinajstić information content (AvgIpc) is 2.17. The van der Waals surface area contributed by atoms with Crippen LogP contribution in [-0.4, -0.2) is 46.1 Å². The predicted molar refractivity (Wildman–Crippen MR) is 61.1 cm³/mol. The standard InChI is InChI=1S/C12H19F6NO/c1-7-6-19(9(2,3)4)8(7)5-10(20,11(13,14)15)12(16,17)18/h7-8,20H,5-6H2,1-4H3. The van der Waals surface area contributed by atoms with Gasteiger partial charge in [0, 0.05) is 24.5 Å². The lowest BCUT2D eigenvalue weighted by molar-refractivity contribution is -0.376. The van der Waals surface area contributed by atoms with Crippen LogP contribution in [0.4, 0.5) is 26.3 Å². The van der Waals surface area contributed by atoms with Gasteiger partial charge < -0.3 is 5.11 Å². The van der Waals surface area contributed by atoms with Crippen LogP contribution < -0.4 is 0 Å². The molecule has 0 aliphatic carbocycles. The highest BCUT2D eigenvalue weighted by Gasteiger charge is 2.71. The predicted octanol–water partition coefficient (Wildman–Crippen LogP) is 3.35. The van der Waals surface area contributed by atoms with Crippen molar-refractivity contribution in [2.24, 2.45) is 5.92 Å². The lowest BCUT2D eigenvalue weighted by Gasteiger charge is -2.55. The van der Waals surface area contributed by atoms with Crippen molar-refractivity contribution in [1.29, 1.82) is 0 Å². The molecule has 0 aromatic carbocycles. The number of hydrogen-bond donors (Lipinski definition) is 1. The fourth-order valence-electron chi connectivity index (χ4n) is 2.51. The molecule has 0 radical (unpaired) electrons. The third-order valence-corrected chi connectivity index (χ3v) is 3.85. The molecule has 0 bridgehead atoms. The highest BCUT2D eigenvalue weighted by molar-refractivity contribution is 5.04. The minimum atomic E-state index is -5.75. The van der Waals surface area contributed by atoms with Crippen molar-refractivity contribution in [3.8, 4) is 0 Å². The molecule has 1 rings (SSSR count). The SMILES string of the molecule is CC1CN(C(C)(C)C)C1CC(O)(C(F)(F)F)C(F)(F)F. The van der Waals surface area contributed by atoms with Crippen molar-refractivity contribution in [1.82, 2.24) is 4.90 Å². The van der Waals surface area contributed by atoms with Crippen molar-refractivity contribution in [2.45, 2.75) is 63.7 Å². The number of hydrogen-bond acceptors (Lipinski definition) is 2. The van der Waals surface area contributed by atoms with E-state index >= 15 is 0 Å². The lowest BCUT2D eigenvalue weighted by atomic mass is 9.77. The van der Waals surface area contributed by atoms with Crippen LogP contribution in [-0.2, 0) is 0 Å². The molecule has 0 aromatic rings. The van der Waals surface area contributed by atoms with E-state index in [0.717, 1.165) is 0 Å². The molecule has 20 heavy (non-hydrogen) atoms. The first-order valence-corrected chi connectivity index (χ1v) is 6.24. The number of alkyl halides is 6. The summed E-state index contributed by atoms with van der Waals surface area (Å²) in [6.07, 6.45) is -12.9. The van der Waals surface area contributed by atoms with Gasteiger partial charge in [-0.3, -0.25) is 4.90 Å². The topological polar surface area (TPSA) is 23.5 Å². The molecular weight excluding hydrogens is 288 g/mol. The quantitative estimate of drug-likeness (QED) is 0.791. The number of rotatable bonds is 2. The smallest absolute Gasteiger partial charge is 0.374 e. The Kier molecular flexibility index (Phi) is 4.18. The summed E-state index contributed by atoms with van der Waals surface area (Å²) in [5, 5.41) is 9.24. The normalized spacial score (nSPS) is 26.6. The molecule has 1 N–H and O–H groups in total. The Morgan fingerprint density at radius 2 is 1.40 bits per heavy atom. The molecule has 2 unspecified atom stereocenters. The second-order valence-electron chi connectivity index (χ2n) is 6.43. The van der Waals surface area contributed by atoms with Crippen LogP contribution in [0.15, 0.2) is 0 Å². The summed E-state index contributed by atoms with van der Waals surface area (Å²) in [7, 11) is 0. The molecule has 0 saturated carbocycles. The van der Waals surface area contributed by atoms with E-state index in [-0.39, 0.29) is 5.92 Å². The first-order valence-electron chi connectivity index (χ1n) is 6.24. The van der Waals surface area contributed by atoms with Crippen LogP contribution >= 0.6 is 0 Å². The van der Waals surface area contributed by atoms with E-state index in [9.17, 15) is 31.4 Å². The zero-order valence-corrected chi connectivity index (χ0v) is 11.7. The molecule has 2 atom stereocenters. The second kappa shape index (κ2) is 4.76. The maximum absolute atomic E-state index is 12.7. The van der Waals surface area contributed by atoms with Gasteiger partial charge in [-0.1, -0.05) is 6.92 Å². The summed E-state index contributed by atoms with van der Waals surface area (Å²) < 4.78 is 76.1. The Labute approximate surface area is 113 Å². The third-order valence-electron chi connectivity index (χ3n) is 3.85. The van der Waals surface area contributed by atoms with Crippen LogP contribution in [0.3, 0.4) is 0 Å². The second-order valence-corrected chi connectivity index (χ2v) is 6.43. The maximum atomic E-state index is 12.7. The van der Waals surface area contributed by atoms with Crippen molar-refractivity contribution < 1.29 is 31.4 Å². The fraction of sp³-hybridized carbons (Fsp3) is 1.00. The van der Waals surface area contributed by atoms with Gasteiger partial charge in [-0.05, 0) is 26.7 Å². The highest BCUT2D eigenvalue weighted by atomic mass is 19.4. The third kappa shape index (κ3) is 2.90. The molecule has 1 heterocycles. The summed E-state index contributed by atoms with van der Waals surface area (Å²) in [4.78, 5) is 1.56. The Bertz CT molecular complexity index is 342. The Morgan fingerprint density at radius 1 is 1.00 bits per heavy atom. The molecule has 1 saturated heterocycles. The highest BCUT2D eigenvalue weighted by Crippen LogP contribution is 2.49. The van der Waals surface area contributed by atoms with E-state index in [1.807, 2.05) is 0 Å². The van der Waals surface area contributed by atoms with Crippen LogP contribution in [0.2, 0.25) is 0 Å². The van der Waals surface area contributed by atoms with E-state index in [1.165, 1.54) is 0 Å². The van der Waals surface area contributed by atoms with Gasteiger partial charge in [0.15, 0.2) is 0 Å². The molecule has 0 spiro atoms. The molecule has 1 aliphatic heterocycles. The molecule has 1 fully saturated rings. The van der Waals surface area contributed by atoms with Crippen molar-refractivity contribution >= 4 is 0 Å². The van der Waals surface area contributed by atoms with Gasteiger partial charge >= 0.3 is 12.4 Å². The Hall–Kier alpha value is -0.500. The molecule has 120 valence electrons. The number of nitrogens with zero attached hydrogens (tertiary/aromatic N) is 1. The summed E-state index contributed by atoms with van der Waals surface area (Å²) >= 11 is 0. The maximum Gasteiger partial charge on any atom is 0.426 e. The van der Waals surface area contributed by atoms with Gasteiger partial charge in [-0.2, -0.15) is 26.3 Å². The molecule has 1 aliphatic rings. The number of likely N-dealkylation sites (tertiary alicyclic amines) is 1. The van der Waals surface area contributed by atoms with Crippen molar-refractivity contribution in [2.75, 3.05) is 6.54 Å². The molecule has 0 amide bonds. The lowest BCUT2D eigenvalue weighted by Crippen LogP contribution is -2.68. The van der Waals surface area contributed by atoms with Crippen LogP contribution in [0.1, 0.15) is 34.1 Å². The molecular formula is C12H19F6NO. The fourth-order valence-corrected chi connectivity index (χ4v) is 2.51. The minimum Gasteiger partial charge on any atom is -0.374 e. The van der Waals surface area contributed by atoms with Gasteiger partial charge in [-0.25, -0.2) is 0 Å². The molecule has 2 nitrogen and oxygen atoms in total. The summed E-state index contributed by atoms with van der Waals surface area (Å²) in [6, 6.07) is -0.955. The summed E-state index contributed by atoms with van der Waals surface area (Å²) in [5.41, 5.74) is -5.21. The monoisotopic (exact) mass is 307 g/mol. The van der Waals surface area contributed by atoms with Gasteiger partial charge in [0.25, 0.3) is 5.60 Å². The number of halogens is 6. The molecule has 8 heteroatoms. The van der Waals surface area contributed by atoms with Crippen LogP contribution in [0.25, 0.3) is 0 Å². The Morgan fingerprint density at radius 3 is 1.65 bits per heavy atom. The van der Waals surface area contributed by atoms with E-state index in [0.29, 0.717) is 6.54 Å². The number of aliphatic hydroxyl groups is 1. The largest absolute Gasteiger partial charge is 0.426 e. The van der Waals surface area contributed by atoms with Gasteiger partial charge in [0.2, 0.25) is 0 Å².